The summed E-state index contributed by atoms with van der Waals surface area (Å²) >= 11 is 6.42. The van der Waals surface area contributed by atoms with Gasteiger partial charge in [-0.2, -0.15) is 0 Å². The number of hydrogen-bond donors (Lipinski definition) is 1. The molecule has 0 aliphatic carbocycles. The van der Waals surface area contributed by atoms with Crippen LogP contribution in [0.15, 0.2) is 66.7 Å². The first kappa shape index (κ1) is 24.3. The van der Waals surface area contributed by atoms with Gasteiger partial charge in [0, 0.05) is 28.4 Å². The number of nitrogens with one attached hydrogen (secondary N) is 1. The lowest BCUT2D eigenvalue weighted by Crippen LogP contribution is -2.09. The van der Waals surface area contributed by atoms with Crippen LogP contribution in [-0.2, 0) is 6.54 Å². The van der Waals surface area contributed by atoms with Crippen LogP contribution in [0, 0.1) is 12.3 Å². The largest absolute Gasteiger partial charge is 0.481 e. The van der Waals surface area contributed by atoms with Gasteiger partial charge in [0.05, 0.1) is 0 Å². The van der Waals surface area contributed by atoms with E-state index < -0.39 is 0 Å². The number of rotatable bonds is 8. The fourth-order valence-electron chi connectivity index (χ4n) is 3.17. The van der Waals surface area contributed by atoms with Crippen LogP contribution < -0.4 is 10.1 Å². The molecule has 0 heterocycles. The minimum Gasteiger partial charge on any atom is -0.481 e. The van der Waals surface area contributed by atoms with Crippen LogP contribution in [0.2, 0.25) is 5.02 Å². The van der Waals surface area contributed by atoms with Crippen molar-refractivity contribution in [2.24, 2.45) is 0 Å². The third-order valence-corrected chi connectivity index (χ3v) is 5.10. The van der Waals surface area contributed by atoms with E-state index in [1.807, 2.05) is 48.5 Å². The van der Waals surface area contributed by atoms with E-state index in [1.165, 1.54) is 0 Å². The third-order valence-electron chi connectivity index (χ3n) is 4.77. The molecule has 0 radical (unpaired) electrons. The van der Waals surface area contributed by atoms with E-state index in [0.29, 0.717) is 28.4 Å². The second kappa shape index (κ2) is 11.5. The maximum Gasteiger partial charge on any atom is 0.195 e. The first-order chi connectivity index (χ1) is 14.5. The third kappa shape index (κ3) is 6.28. The lowest BCUT2D eigenvalue weighted by Gasteiger charge is -2.15. The molecular formula is C26H25Cl2NO2. The molecule has 0 saturated carbocycles. The lowest BCUT2D eigenvalue weighted by atomic mass is 9.97. The Morgan fingerprint density at radius 2 is 1.84 bits per heavy atom. The number of carbonyl (C=O) groups excluding carboxylic acids is 1. The van der Waals surface area contributed by atoms with Crippen molar-refractivity contribution in [1.29, 1.82) is 0 Å². The van der Waals surface area contributed by atoms with E-state index in [9.17, 15) is 4.79 Å². The molecular weight excluding hydrogens is 429 g/mol. The van der Waals surface area contributed by atoms with Gasteiger partial charge >= 0.3 is 0 Å². The predicted octanol–water partition coefficient (Wildman–Crippen LogP) is 6.74. The minimum absolute atomic E-state index is 0. The first-order valence-corrected chi connectivity index (χ1v) is 10.2. The van der Waals surface area contributed by atoms with Crippen LogP contribution >= 0.6 is 24.0 Å². The lowest BCUT2D eigenvalue weighted by molar-refractivity contribution is 0.103. The quantitative estimate of drug-likeness (QED) is 0.303. The van der Waals surface area contributed by atoms with Crippen LogP contribution in [0.1, 0.15) is 46.8 Å². The zero-order valence-corrected chi connectivity index (χ0v) is 19.1. The highest BCUT2D eigenvalue weighted by Gasteiger charge is 2.17. The van der Waals surface area contributed by atoms with E-state index in [0.717, 1.165) is 16.8 Å². The predicted molar refractivity (Wildman–Crippen MR) is 131 cm³/mol. The molecule has 0 bridgehead atoms. The Hall–Kier alpha value is -2.93. The number of halogens is 2. The first-order valence-electron chi connectivity index (χ1n) is 9.82. The number of terminal acetylenes is 1. The van der Waals surface area contributed by atoms with Crippen LogP contribution in [0.3, 0.4) is 0 Å². The second-order valence-electron chi connectivity index (χ2n) is 7.26. The summed E-state index contributed by atoms with van der Waals surface area (Å²) in [6, 6.07) is 20.8. The Morgan fingerprint density at radius 1 is 1.10 bits per heavy atom. The number of anilines is 1. The molecule has 160 valence electrons. The fourth-order valence-corrected chi connectivity index (χ4v) is 3.56. The van der Waals surface area contributed by atoms with Crippen molar-refractivity contribution in [3.63, 3.8) is 0 Å². The van der Waals surface area contributed by atoms with E-state index in [1.54, 1.807) is 18.2 Å². The molecule has 5 heteroatoms. The van der Waals surface area contributed by atoms with Gasteiger partial charge in [0.15, 0.2) is 5.78 Å². The zero-order valence-electron chi connectivity index (χ0n) is 17.5. The minimum atomic E-state index is -0.131. The van der Waals surface area contributed by atoms with Crippen molar-refractivity contribution < 1.29 is 9.53 Å². The van der Waals surface area contributed by atoms with Crippen LogP contribution in [0.4, 0.5) is 5.69 Å². The summed E-state index contributed by atoms with van der Waals surface area (Å²) in [5, 5.41) is 3.95. The van der Waals surface area contributed by atoms with Gasteiger partial charge in [0.1, 0.15) is 12.4 Å². The number of ketones is 1. The molecule has 31 heavy (non-hydrogen) atoms. The van der Waals surface area contributed by atoms with Gasteiger partial charge in [-0.3, -0.25) is 4.79 Å². The van der Waals surface area contributed by atoms with E-state index in [2.05, 4.69) is 25.1 Å². The Kier molecular flexibility index (Phi) is 9.00. The van der Waals surface area contributed by atoms with Crippen LogP contribution in [-0.4, -0.2) is 12.4 Å². The van der Waals surface area contributed by atoms with Crippen molar-refractivity contribution in [1.82, 2.24) is 0 Å². The van der Waals surface area contributed by atoms with E-state index >= 15 is 0 Å². The highest BCUT2D eigenvalue weighted by Crippen LogP contribution is 2.29. The molecule has 0 saturated heterocycles. The summed E-state index contributed by atoms with van der Waals surface area (Å²) in [5.41, 5.74) is 3.89. The summed E-state index contributed by atoms with van der Waals surface area (Å²) in [6.07, 6.45) is 5.29. The summed E-state index contributed by atoms with van der Waals surface area (Å²) in [7, 11) is 0. The average Bonchev–Trinajstić information content (AvgIpc) is 2.76. The summed E-state index contributed by atoms with van der Waals surface area (Å²) in [5.74, 6) is 3.14. The van der Waals surface area contributed by atoms with Crippen molar-refractivity contribution in [3.05, 3.63) is 94.0 Å². The molecule has 0 unspecified atom stereocenters. The molecule has 3 aromatic rings. The number of carbonyl (C=O) groups is 1. The van der Waals surface area contributed by atoms with E-state index in [4.69, 9.17) is 22.8 Å². The summed E-state index contributed by atoms with van der Waals surface area (Å²) in [6.45, 7) is 4.87. The SMILES string of the molecule is C#CCOc1ccc(NCc2ccccc2)c(C(=O)c2ccc(C(C)C)c(Cl)c2)c1.Cl. The van der Waals surface area contributed by atoms with Crippen molar-refractivity contribution in [2.75, 3.05) is 11.9 Å². The average molecular weight is 454 g/mol. The Balaban J connectivity index is 0.00000341. The fraction of sp³-hybridized carbons (Fsp3) is 0.192. The molecule has 0 aromatic heterocycles. The van der Waals surface area contributed by atoms with Crippen molar-refractivity contribution in [3.8, 4) is 18.1 Å². The summed E-state index contributed by atoms with van der Waals surface area (Å²) < 4.78 is 5.53. The smallest absolute Gasteiger partial charge is 0.195 e. The normalized spacial score (nSPS) is 10.2. The Morgan fingerprint density at radius 3 is 2.48 bits per heavy atom. The highest BCUT2D eigenvalue weighted by atomic mass is 35.5. The number of ether oxygens (including phenoxy) is 1. The molecule has 3 aromatic carbocycles. The maximum absolute atomic E-state index is 13.3. The highest BCUT2D eigenvalue weighted by molar-refractivity contribution is 6.32. The van der Waals surface area contributed by atoms with E-state index in [-0.39, 0.29) is 30.7 Å². The summed E-state index contributed by atoms with van der Waals surface area (Å²) in [4.78, 5) is 13.3. The van der Waals surface area contributed by atoms with Gasteiger partial charge < -0.3 is 10.1 Å². The molecule has 0 amide bonds. The van der Waals surface area contributed by atoms with Gasteiger partial charge in [0.25, 0.3) is 0 Å². The standard InChI is InChI=1S/C26H24ClNO2.ClH/c1-4-14-30-21-11-13-25(28-17-19-8-6-5-7-9-19)23(16-21)26(29)20-10-12-22(18(2)3)24(27)15-20;/h1,5-13,15-16,18,28H,14,17H2,2-3H3;1H. The zero-order chi connectivity index (χ0) is 21.5. The Bertz CT molecular complexity index is 1070. The number of hydrogen-bond acceptors (Lipinski definition) is 3. The second-order valence-corrected chi connectivity index (χ2v) is 7.67. The molecule has 0 aliphatic rings. The van der Waals surface area contributed by atoms with Gasteiger partial charge in [-0.1, -0.05) is 73.8 Å². The molecule has 3 nitrogen and oxygen atoms in total. The van der Waals surface area contributed by atoms with Gasteiger partial charge in [-0.05, 0) is 41.3 Å². The van der Waals surface area contributed by atoms with Crippen molar-refractivity contribution >= 4 is 35.5 Å². The van der Waals surface area contributed by atoms with Crippen LogP contribution in [0.25, 0.3) is 0 Å². The monoisotopic (exact) mass is 453 g/mol. The number of benzene rings is 3. The molecule has 0 atom stereocenters. The molecule has 0 fully saturated rings. The van der Waals surface area contributed by atoms with Gasteiger partial charge in [-0.15, -0.1) is 18.8 Å². The van der Waals surface area contributed by atoms with Crippen molar-refractivity contribution in [2.45, 2.75) is 26.3 Å². The molecule has 1 N–H and O–H groups in total. The van der Waals surface area contributed by atoms with Gasteiger partial charge in [-0.25, -0.2) is 0 Å². The topological polar surface area (TPSA) is 38.3 Å². The molecule has 0 aliphatic heterocycles. The maximum atomic E-state index is 13.3. The molecule has 0 spiro atoms. The molecule has 3 rings (SSSR count). The Labute approximate surface area is 195 Å². The van der Waals surface area contributed by atoms with Gasteiger partial charge in [0.2, 0.25) is 0 Å². The van der Waals surface area contributed by atoms with Crippen LogP contribution in [0.5, 0.6) is 5.75 Å².